The van der Waals surface area contributed by atoms with Gasteiger partial charge in [-0.15, -0.1) is 21.5 Å². The average molecular weight is 323 g/mol. The summed E-state index contributed by atoms with van der Waals surface area (Å²) in [6, 6.07) is 0.410. The van der Waals surface area contributed by atoms with Crippen molar-refractivity contribution in [2.45, 2.75) is 32.7 Å². The lowest BCUT2D eigenvalue weighted by Crippen LogP contribution is -2.47. The van der Waals surface area contributed by atoms with Gasteiger partial charge in [0.2, 0.25) is 5.13 Å². The number of nitrogens with zero attached hydrogens (tertiary/aromatic N) is 5. The third-order valence-electron chi connectivity index (χ3n) is 3.87. The van der Waals surface area contributed by atoms with Crippen LogP contribution in [0.4, 0.5) is 5.13 Å². The van der Waals surface area contributed by atoms with E-state index in [1.807, 2.05) is 6.20 Å². The van der Waals surface area contributed by atoms with Gasteiger partial charge in [0, 0.05) is 43.7 Å². The fourth-order valence-electron chi connectivity index (χ4n) is 2.49. The van der Waals surface area contributed by atoms with E-state index in [1.54, 1.807) is 22.7 Å². The Hall–Kier alpha value is -1.05. The van der Waals surface area contributed by atoms with Gasteiger partial charge in [-0.05, 0) is 6.92 Å². The largest absolute Gasteiger partial charge is 0.344 e. The third kappa shape index (κ3) is 3.25. The van der Waals surface area contributed by atoms with Crippen LogP contribution in [0.15, 0.2) is 11.6 Å². The molecule has 7 heteroatoms. The van der Waals surface area contributed by atoms with Crippen LogP contribution < -0.4 is 4.90 Å². The highest BCUT2D eigenvalue weighted by Gasteiger charge is 2.25. The number of aromatic nitrogens is 3. The zero-order chi connectivity index (χ0) is 14.8. The fraction of sp³-hybridized carbons (Fsp3) is 0.643. The van der Waals surface area contributed by atoms with Crippen LogP contribution >= 0.6 is 22.7 Å². The van der Waals surface area contributed by atoms with E-state index in [0.717, 1.165) is 36.3 Å². The Morgan fingerprint density at radius 2 is 1.81 bits per heavy atom. The Balaban J connectivity index is 1.59. The molecule has 1 aliphatic rings. The molecule has 0 amide bonds. The molecule has 2 aromatic rings. The van der Waals surface area contributed by atoms with E-state index >= 15 is 0 Å². The Kier molecular flexibility index (Phi) is 4.51. The molecule has 21 heavy (non-hydrogen) atoms. The normalized spacial score (nSPS) is 18.4. The SMILES string of the molecule is CC(C)c1nnc(N2CCN(C(C)c3nccs3)CC2)s1. The lowest BCUT2D eigenvalue weighted by atomic mass is 10.2. The topological polar surface area (TPSA) is 45.2 Å². The molecular formula is C14H21N5S2. The van der Waals surface area contributed by atoms with Gasteiger partial charge in [0.25, 0.3) is 0 Å². The highest BCUT2D eigenvalue weighted by Crippen LogP contribution is 2.28. The summed E-state index contributed by atoms with van der Waals surface area (Å²) in [5, 5.41) is 14.1. The number of piperazine rings is 1. The number of thiazole rings is 1. The fourth-order valence-corrected chi connectivity index (χ4v) is 4.11. The number of hydrogen-bond acceptors (Lipinski definition) is 7. The molecule has 0 radical (unpaired) electrons. The summed E-state index contributed by atoms with van der Waals surface area (Å²) in [4.78, 5) is 9.29. The van der Waals surface area contributed by atoms with Gasteiger partial charge >= 0.3 is 0 Å². The van der Waals surface area contributed by atoms with Crippen molar-refractivity contribution in [2.75, 3.05) is 31.1 Å². The van der Waals surface area contributed by atoms with Crippen molar-refractivity contribution < 1.29 is 0 Å². The average Bonchev–Trinajstić information content (AvgIpc) is 3.18. The standard InChI is InChI=1S/C14H21N5S2/c1-10(2)12-16-17-14(21-12)19-7-5-18(6-8-19)11(3)13-15-4-9-20-13/h4,9-11H,5-8H2,1-3H3. The number of hydrogen-bond donors (Lipinski definition) is 0. The maximum Gasteiger partial charge on any atom is 0.208 e. The van der Waals surface area contributed by atoms with Crippen LogP contribution in [-0.4, -0.2) is 46.3 Å². The van der Waals surface area contributed by atoms with E-state index < -0.39 is 0 Å². The summed E-state index contributed by atoms with van der Waals surface area (Å²) < 4.78 is 0. The Morgan fingerprint density at radius 3 is 2.38 bits per heavy atom. The summed E-state index contributed by atoms with van der Waals surface area (Å²) in [5.74, 6) is 0.461. The van der Waals surface area contributed by atoms with Gasteiger partial charge in [-0.3, -0.25) is 4.90 Å². The molecule has 0 N–H and O–H groups in total. The van der Waals surface area contributed by atoms with Gasteiger partial charge < -0.3 is 4.90 Å². The first-order valence-electron chi connectivity index (χ1n) is 7.37. The lowest BCUT2D eigenvalue weighted by Gasteiger charge is -2.37. The van der Waals surface area contributed by atoms with Crippen LogP contribution in [0.3, 0.4) is 0 Å². The van der Waals surface area contributed by atoms with Gasteiger partial charge in [0.15, 0.2) is 0 Å². The molecule has 0 bridgehead atoms. The second-order valence-corrected chi connectivity index (χ2v) is 7.56. The van der Waals surface area contributed by atoms with E-state index in [4.69, 9.17) is 0 Å². The maximum atomic E-state index is 4.43. The van der Waals surface area contributed by atoms with Gasteiger partial charge in [0.1, 0.15) is 10.0 Å². The molecular weight excluding hydrogens is 302 g/mol. The van der Waals surface area contributed by atoms with Crippen molar-refractivity contribution >= 4 is 27.8 Å². The first-order valence-corrected chi connectivity index (χ1v) is 9.06. The Morgan fingerprint density at radius 1 is 1.05 bits per heavy atom. The van der Waals surface area contributed by atoms with Crippen molar-refractivity contribution in [1.29, 1.82) is 0 Å². The monoisotopic (exact) mass is 323 g/mol. The molecule has 0 saturated carbocycles. The molecule has 1 unspecified atom stereocenters. The molecule has 1 aliphatic heterocycles. The van der Waals surface area contributed by atoms with Gasteiger partial charge in [-0.1, -0.05) is 25.2 Å². The molecule has 1 fully saturated rings. The Bertz CT molecular complexity index is 558. The van der Waals surface area contributed by atoms with Gasteiger partial charge in [-0.25, -0.2) is 4.98 Å². The minimum absolute atomic E-state index is 0.410. The van der Waals surface area contributed by atoms with Crippen molar-refractivity contribution in [3.8, 4) is 0 Å². The highest BCUT2D eigenvalue weighted by atomic mass is 32.1. The molecule has 0 aromatic carbocycles. The molecule has 1 atom stereocenters. The minimum Gasteiger partial charge on any atom is -0.344 e. The molecule has 1 saturated heterocycles. The van der Waals surface area contributed by atoms with E-state index in [2.05, 4.69) is 51.1 Å². The third-order valence-corrected chi connectivity index (χ3v) is 6.10. The van der Waals surface area contributed by atoms with E-state index in [-0.39, 0.29) is 0 Å². The van der Waals surface area contributed by atoms with E-state index in [9.17, 15) is 0 Å². The van der Waals surface area contributed by atoms with Crippen molar-refractivity contribution in [2.24, 2.45) is 0 Å². The van der Waals surface area contributed by atoms with Crippen molar-refractivity contribution in [3.63, 3.8) is 0 Å². The van der Waals surface area contributed by atoms with Crippen LogP contribution in [0.1, 0.15) is 42.7 Å². The smallest absolute Gasteiger partial charge is 0.208 e. The summed E-state index contributed by atoms with van der Waals surface area (Å²) >= 11 is 3.47. The van der Waals surface area contributed by atoms with Crippen LogP contribution in [0, 0.1) is 0 Å². The molecule has 0 aliphatic carbocycles. The summed E-state index contributed by atoms with van der Waals surface area (Å²) in [6.45, 7) is 10.7. The van der Waals surface area contributed by atoms with Crippen LogP contribution in [0.5, 0.6) is 0 Å². The molecule has 114 valence electrons. The Labute approximate surface area is 133 Å². The minimum atomic E-state index is 0.410. The first-order chi connectivity index (χ1) is 10.1. The number of anilines is 1. The maximum absolute atomic E-state index is 4.43. The van der Waals surface area contributed by atoms with Crippen molar-refractivity contribution in [1.82, 2.24) is 20.1 Å². The second-order valence-electron chi connectivity index (χ2n) is 5.65. The van der Waals surface area contributed by atoms with Gasteiger partial charge in [0.05, 0.1) is 6.04 Å². The van der Waals surface area contributed by atoms with E-state index in [0.29, 0.717) is 12.0 Å². The molecule has 5 nitrogen and oxygen atoms in total. The lowest BCUT2D eigenvalue weighted by molar-refractivity contribution is 0.198. The van der Waals surface area contributed by atoms with Crippen LogP contribution in [-0.2, 0) is 0 Å². The summed E-state index contributed by atoms with van der Waals surface area (Å²) in [7, 11) is 0. The molecule has 0 spiro atoms. The molecule has 3 rings (SSSR count). The van der Waals surface area contributed by atoms with Crippen molar-refractivity contribution in [3.05, 3.63) is 21.6 Å². The predicted molar refractivity (Wildman–Crippen MR) is 88.3 cm³/mol. The first kappa shape index (κ1) is 14.9. The second kappa shape index (κ2) is 6.37. The zero-order valence-electron chi connectivity index (χ0n) is 12.7. The molecule has 2 aromatic heterocycles. The summed E-state index contributed by atoms with van der Waals surface area (Å²) in [5.41, 5.74) is 0. The quantitative estimate of drug-likeness (QED) is 0.865. The van der Waals surface area contributed by atoms with E-state index in [1.165, 1.54) is 5.01 Å². The van der Waals surface area contributed by atoms with Crippen LogP contribution in [0.2, 0.25) is 0 Å². The summed E-state index contributed by atoms with van der Waals surface area (Å²) in [6.07, 6.45) is 1.89. The number of rotatable bonds is 4. The van der Waals surface area contributed by atoms with Crippen LogP contribution in [0.25, 0.3) is 0 Å². The highest BCUT2D eigenvalue weighted by molar-refractivity contribution is 7.15. The van der Waals surface area contributed by atoms with Gasteiger partial charge in [-0.2, -0.15) is 0 Å². The molecule has 3 heterocycles. The zero-order valence-corrected chi connectivity index (χ0v) is 14.3. The predicted octanol–water partition coefficient (Wildman–Crippen LogP) is 3.00.